The average molecular weight is 385 g/mol. The normalized spacial score (nSPS) is 9.00. The molecule has 0 saturated heterocycles. The maximum Gasteiger partial charge on any atom is 0.336 e. The summed E-state index contributed by atoms with van der Waals surface area (Å²) in [7, 11) is 0. The number of benzene rings is 1. The second-order valence-electron chi connectivity index (χ2n) is 2.68. The van der Waals surface area contributed by atoms with Gasteiger partial charge in [-0.15, -0.1) is 0 Å². The summed E-state index contributed by atoms with van der Waals surface area (Å²) in [5.74, 6) is -4.20. The van der Waals surface area contributed by atoms with Crippen molar-refractivity contribution in [2.45, 2.75) is 0 Å². The van der Waals surface area contributed by atoms with E-state index in [1.165, 1.54) is 0 Å². The summed E-state index contributed by atoms with van der Waals surface area (Å²) in [5, 5.41) is 25.9. The van der Waals surface area contributed by atoms with Crippen molar-refractivity contribution in [3.8, 4) is 0 Å². The zero-order chi connectivity index (χ0) is 11.6. The summed E-state index contributed by atoms with van der Waals surface area (Å²) in [6, 6.07) is 2.81. The Balaban J connectivity index is 0.00000225. The van der Waals surface area contributed by atoms with Crippen molar-refractivity contribution in [1.29, 1.82) is 0 Å². The van der Waals surface area contributed by atoms with Crippen LogP contribution in [-0.4, -0.2) is 33.2 Å². The second-order valence-corrected chi connectivity index (χ2v) is 2.68. The first-order chi connectivity index (χ1) is 6.93. The SMILES string of the molecule is O=C(O)c1ccc(C(=O)O)c(C(=O)O)c1.[Lu]. The van der Waals surface area contributed by atoms with E-state index >= 15 is 0 Å². The molecule has 93 valence electrons. The van der Waals surface area contributed by atoms with Crippen molar-refractivity contribution >= 4 is 17.9 Å². The summed E-state index contributed by atoms with van der Waals surface area (Å²) in [5.41, 5.74) is -1.24. The van der Waals surface area contributed by atoms with Crippen LogP contribution in [0.15, 0.2) is 18.2 Å². The van der Waals surface area contributed by atoms with Crippen LogP contribution in [0.2, 0.25) is 0 Å². The van der Waals surface area contributed by atoms with E-state index in [0.717, 1.165) is 18.2 Å². The molecule has 6 nitrogen and oxygen atoms in total. The summed E-state index contributed by atoms with van der Waals surface area (Å²) in [6.07, 6.45) is 0. The summed E-state index contributed by atoms with van der Waals surface area (Å²) in [4.78, 5) is 31.8. The van der Waals surface area contributed by atoms with E-state index in [4.69, 9.17) is 15.3 Å². The Morgan fingerprint density at radius 1 is 0.812 bits per heavy atom. The quantitative estimate of drug-likeness (QED) is 0.709. The first kappa shape index (κ1) is 14.9. The molecule has 0 aliphatic heterocycles. The van der Waals surface area contributed by atoms with Crippen LogP contribution < -0.4 is 0 Å². The van der Waals surface area contributed by atoms with Crippen LogP contribution in [0.3, 0.4) is 0 Å². The molecule has 7 heteroatoms. The van der Waals surface area contributed by atoms with Crippen LogP contribution in [-0.2, 0) is 0 Å². The van der Waals surface area contributed by atoms with Gasteiger partial charge in [-0.25, -0.2) is 14.4 Å². The first-order valence-electron chi connectivity index (χ1n) is 3.77. The Hall–Kier alpha value is -1.14. The van der Waals surface area contributed by atoms with Crippen LogP contribution in [0.1, 0.15) is 31.1 Å². The van der Waals surface area contributed by atoms with Crippen LogP contribution in [0, 0.1) is 36.9 Å². The Labute approximate surface area is 119 Å². The third-order valence-electron chi connectivity index (χ3n) is 1.73. The number of aromatic carboxylic acids is 3. The first-order valence-corrected chi connectivity index (χ1v) is 3.77. The average Bonchev–Trinajstić information content (AvgIpc) is 2.16. The molecule has 0 bridgehead atoms. The van der Waals surface area contributed by atoms with Gasteiger partial charge in [0.1, 0.15) is 0 Å². The van der Waals surface area contributed by atoms with Crippen molar-refractivity contribution in [3.63, 3.8) is 0 Å². The molecule has 0 aromatic heterocycles. The van der Waals surface area contributed by atoms with Gasteiger partial charge in [0.25, 0.3) is 0 Å². The Morgan fingerprint density at radius 3 is 1.69 bits per heavy atom. The minimum Gasteiger partial charge on any atom is -0.478 e. The third-order valence-corrected chi connectivity index (χ3v) is 1.73. The van der Waals surface area contributed by atoms with Gasteiger partial charge < -0.3 is 15.3 Å². The van der Waals surface area contributed by atoms with E-state index in [0.29, 0.717) is 0 Å². The molecular formula is C9H6LuO6. The molecule has 0 atom stereocenters. The fourth-order valence-corrected chi connectivity index (χ4v) is 1.04. The maximum absolute atomic E-state index is 10.6. The van der Waals surface area contributed by atoms with E-state index in [1.807, 2.05) is 0 Å². The standard InChI is InChI=1S/C9H6O6.Lu/c10-7(11)4-1-2-5(8(12)13)6(3-4)9(14)15;/h1-3H,(H,10,11)(H,12,13)(H,14,15);. The van der Waals surface area contributed by atoms with E-state index in [9.17, 15) is 14.4 Å². The number of carboxylic acid groups (broad SMARTS) is 3. The number of carboxylic acids is 3. The van der Waals surface area contributed by atoms with Gasteiger partial charge in [-0.05, 0) is 18.2 Å². The molecule has 16 heavy (non-hydrogen) atoms. The van der Waals surface area contributed by atoms with E-state index in [1.54, 1.807) is 0 Å². The van der Waals surface area contributed by atoms with Crippen molar-refractivity contribution < 1.29 is 66.6 Å². The Kier molecular flexibility index (Phi) is 5.40. The maximum atomic E-state index is 10.6. The van der Waals surface area contributed by atoms with Gasteiger partial charge in [0.15, 0.2) is 0 Å². The zero-order valence-corrected chi connectivity index (χ0v) is 9.21. The minimum absolute atomic E-state index is 0. The molecule has 0 amide bonds. The van der Waals surface area contributed by atoms with Crippen LogP contribution >= 0.6 is 0 Å². The number of hydrogen-bond acceptors (Lipinski definition) is 3. The van der Waals surface area contributed by atoms with Gasteiger partial charge in [0.2, 0.25) is 0 Å². The Bertz CT molecular complexity index is 453. The predicted molar refractivity (Wildman–Crippen MR) is 47.3 cm³/mol. The molecule has 1 rings (SSSR count). The largest absolute Gasteiger partial charge is 0.478 e. The predicted octanol–water partition coefficient (Wildman–Crippen LogP) is 0.781. The van der Waals surface area contributed by atoms with Crippen LogP contribution in [0.4, 0.5) is 0 Å². The third kappa shape index (κ3) is 3.18. The summed E-state index contributed by atoms with van der Waals surface area (Å²) in [6.45, 7) is 0. The number of hydrogen-bond donors (Lipinski definition) is 3. The van der Waals surface area contributed by atoms with Gasteiger partial charge in [0.05, 0.1) is 16.7 Å². The summed E-state index contributed by atoms with van der Waals surface area (Å²) < 4.78 is 0. The van der Waals surface area contributed by atoms with E-state index < -0.39 is 29.0 Å². The van der Waals surface area contributed by atoms with Crippen molar-refractivity contribution in [2.24, 2.45) is 0 Å². The van der Waals surface area contributed by atoms with Gasteiger partial charge in [0, 0.05) is 36.9 Å². The van der Waals surface area contributed by atoms with Crippen molar-refractivity contribution in [3.05, 3.63) is 34.9 Å². The Morgan fingerprint density at radius 2 is 1.31 bits per heavy atom. The topological polar surface area (TPSA) is 112 Å². The molecule has 1 aromatic rings. The number of rotatable bonds is 3. The van der Waals surface area contributed by atoms with Crippen LogP contribution in [0.25, 0.3) is 0 Å². The number of carbonyl (C=O) groups is 3. The molecule has 0 fully saturated rings. The van der Waals surface area contributed by atoms with Gasteiger partial charge in [-0.3, -0.25) is 0 Å². The molecule has 0 aliphatic carbocycles. The zero-order valence-electron chi connectivity index (χ0n) is 7.56. The van der Waals surface area contributed by atoms with Crippen molar-refractivity contribution in [1.82, 2.24) is 0 Å². The molecule has 1 aromatic carbocycles. The monoisotopic (exact) mass is 385 g/mol. The molecule has 0 heterocycles. The molecule has 0 spiro atoms. The van der Waals surface area contributed by atoms with E-state index in [-0.39, 0.29) is 42.4 Å². The minimum atomic E-state index is -1.48. The molecule has 0 aliphatic rings. The van der Waals surface area contributed by atoms with Crippen molar-refractivity contribution in [2.75, 3.05) is 0 Å². The fourth-order valence-electron chi connectivity index (χ4n) is 1.04. The smallest absolute Gasteiger partial charge is 0.336 e. The summed E-state index contributed by atoms with van der Waals surface area (Å²) >= 11 is 0. The van der Waals surface area contributed by atoms with E-state index in [2.05, 4.69) is 0 Å². The van der Waals surface area contributed by atoms with Crippen LogP contribution in [0.5, 0.6) is 0 Å². The second kappa shape index (κ2) is 5.81. The molecule has 1 radical (unpaired) electrons. The molecular weight excluding hydrogens is 379 g/mol. The van der Waals surface area contributed by atoms with Gasteiger partial charge >= 0.3 is 17.9 Å². The molecule has 3 N–H and O–H groups in total. The molecule has 0 saturated carbocycles. The fraction of sp³-hybridized carbons (Fsp3) is 0. The van der Waals surface area contributed by atoms with Gasteiger partial charge in [-0.1, -0.05) is 0 Å². The molecule has 0 unspecified atom stereocenters. The van der Waals surface area contributed by atoms with Gasteiger partial charge in [-0.2, -0.15) is 0 Å².